The molecule has 26 heavy (non-hydrogen) atoms. The molecule has 2 spiro atoms. The molecular formula is C24H39IO. The fraction of sp³-hybridized carbons (Fsp3) is 1.00. The van der Waals surface area contributed by atoms with Crippen molar-refractivity contribution in [2.75, 3.05) is 4.43 Å². The lowest BCUT2D eigenvalue weighted by Crippen LogP contribution is -2.57. The van der Waals surface area contributed by atoms with Crippen molar-refractivity contribution in [2.24, 2.45) is 44.8 Å². The van der Waals surface area contributed by atoms with Crippen LogP contribution in [0, 0.1) is 44.8 Å². The maximum atomic E-state index is 10.7. The molecule has 0 heterocycles. The number of rotatable bonds is 2. The quantitative estimate of drug-likeness (QED) is 0.356. The van der Waals surface area contributed by atoms with Crippen molar-refractivity contribution in [3.05, 3.63) is 0 Å². The van der Waals surface area contributed by atoms with Crippen LogP contribution in [0.5, 0.6) is 0 Å². The van der Waals surface area contributed by atoms with Gasteiger partial charge in [0.25, 0.3) is 0 Å². The fourth-order valence-electron chi connectivity index (χ4n) is 10.1. The molecule has 0 radical (unpaired) electrons. The van der Waals surface area contributed by atoms with Gasteiger partial charge in [0.1, 0.15) is 0 Å². The lowest BCUT2D eigenvalue weighted by molar-refractivity contribution is -0.158. The SMILES string of the molecule is CC1(C)C2CCC3[C@]4(CC[C@]5(C)C(CCI)CC[C@@]35C)C[C@]24CC[C@@H]1O. The van der Waals surface area contributed by atoms with Gasteiger partial charge in [0.2, 0.25) is 0 Å². The molecule has 5 saturated carbocycles. The van der Waals surface area contributed by atoms with Crippen molar-refractivity contribution in [1.82, 2.24) is 0 Å². The molecule has 0 aliphatic heterocycles. The molecule has 0 saturated heterocycles. The minimum absolute atomic E-state index is 0.0729. The second kappa shape index (κ2) is 5.43. The lowest BCUT2D eigenvalue weighted by Gasteiger charge is -2.63. The number of aliphatic hydroxyl groups is 1. The highest BCUT2D eigenvalue weighted by atomic mass is 127. The Labute approximate surface area is 174 Å². The van der Waals surface area contributed by atoms with Gasteiger partial charge in [-0.05, 0) is 113 Å². The molecule has 1 N–H and O–H groups in total. The van der Waals surface area contributed by atoms with Gasteiger partial charge in [0, 0.05) is 0 Å². The van der Waals surface area contributed by atoms with Crippen LogP contribution in [-0.2, 0) is 0 Å². The molecule has 148 valence electrons. The summed E-state index contributed by atoms with van der Waals surface area (Å²) in [6, 6.07) is 0. The Morgan fingerprint density at radius 1 is 0.808 bits per heavy atom. The average Bonchev–Trinajstić information content (AvgIpc) is 3.19. The van der Waals surface area contributed by atoms with Gasteiger partial charge in [-0.1, -0.05) is 50.3 Å². The monoisotopic (exact) mass is 470 g/mol. The molecule has 0 aromatic heterocycles. The standard InChI is InChI=1S/C24H39IO/c1-20(2)17-5-6-18-22(4)10-7-16(9-14-25)21(22,3)12-13-24(18)15-23(17,24)11-8-19(20)26/h16-19,26H,5-15H2,1-4H3/t16?,17?,18?,19-,21+,22-,23+,24-/m0/s1. The van der Waals surface area contributed by atoms with E-state index in [1.165, 1.54) is 62.2 Å². The summed E-state index contributed by atoms with van der Waals surface area (Å²) < 4.78 is 1.34. The van der Waals surface area contributed by atoms with Gasteiger partial charge in [-0.25, -0.2) is 0 Å². The molecule has 3 unspecified atom stereocenters. The number of halogens is 1. The van der Waals surface area contributed by atoms with E-state index in [1.807, 2.05) is 0 Å². The minimum Gasteiger partial charge on any atom is -0.393 e. The maximum absolute atomic E-state index is 10.7. The summed E-state index contributed by atoms with van der Waals surface area (Å²) in [6.07, 6.45) is 14.1. The lowest BCUT2D eigenvalue weighted by atomic mass is 9.42. The third kappa shape index (κ3) is 1.89. The van der Waals surface area contributed by atoms with Gasteiger partial charge >= 0.3 is 0 Å². The second-order valence-electron chi connectivity index (χ2n) is 12.1. The molecule has 2 heteroatoms. The van der Waals surface area contributed by atoms with Crippen molar-refractivity contribution in [3.63, 3.8) is 0 Å². The van der Waals surface area contributed by atoms with E-state index < -0.39 is 0 Å². The topological polar surface area (TPSA) is 20.2 Å². The van der Waals surface area contributed by atoms with Crippen LogP contribution in [0.15, 0.2) is 0 Å². The number of fused-ring (bicyclic) bond motifs is 2. The highest BCUT2D eigenvalue weighted by Gasteiger charge is 2.81. The van der Waals surface area contributed by atoms with Crippen molar-refractivity contribution >= 4 is 22.6 Å². The molecule has 5 aliphatic rings. The second-order valence-corrected chi connectivity index (χ2v) is 13.2. The summed E-state index contributed by atoms with van der Waals surface area (Å²) in [5, 5.41) is 10.7. The van der Waals surface area contributed by atoms with Crippen LogP contribution in [0.2, 0.25) is 0 Å². The van der Waals surface area contributed by atoms with Crippen LogP contribution in [0.4, 0.5) is 0 Å². The first-order valence-corrected chi connectivity index (χ1v) is 12.9. The zero-order valence-corrected chi connectivity index (χ0v) is 19.6. The molecule has 5 aliphatic carbocycles. The Morgan fingerprint density at radius 2 is 1.50 bits per heavy atom. The number of hydrogen-bond acceptors (Lipinski definition) is 1. The van der Waals surface area contributed by atoms with Gasteiger partial charge in [0.05, 0.1) is 6.10 Å². The van der Waals surface area contributed by atoms with Crippen LogP contribution in [0.25, 0.3) is 0 Å². The van der Waals surface area contributed by atoms with E-state index in [0.717, 1.165) is 24.2 Å². The zero-order valence-electron chi connectivity index (χ0n) is 17.4. The maximum Gasteiger partial charge on any atom is 0.0594 e. The Balaban J connectivity index is 1.52. The smallest absolute Gasteiger partial charge is 0.0594 e. The number of hydrogen-bond donors (Lipinski definition) is 1. The summed E-state index contributed by atoms with van der Waals surface area (Å²) in [6.45, 7) is 10.2. The predicted octanol–water partition coefficient (Wildman–Crippen LogP) is 6.61. The molecule has 0 aromatic carbocycles. The Bertz CT molecular complexity index is 615. The van der Waals surface area contributed by atoms with Crippen LogP contribution in [0.1, 0.15) is 91.9 Å². The zero-order chi connectivity index (χ0) is 18.6. The van der Waals surface area contributed by atoms with E-state index in [1.54, 1.807) is 0 Å². The molecule has 1 nitrogen and oxygen atoms in total. The van der Waals surface area contributed by atoms with E-state index in [9.17, 15) is 5.11 Å². The molecule has 5 rings (SSSR count). The number of alkyl halides is 1. The number of aliphatic hydroxyl groups excluding tert-OH is 1. The first-order chi connectivity index (χ1) is 12.2. The van der Waals surface area contributed by atoms with E-state index in [2.05, 4.69) is 50.3 Å². The predicted molar refractivity (Wildman–Crippen MR) is 116 cm³/mol. The molecular weight excluding hydrogens is 431 g/mol. The van der Waals surface area contributed by atoms with Crippen molar-refractivity contribution in [1.29, 1.82) is 0 Å². The largest absolute Gasteiger partial charge is 0.393 e. The van der Waals surface area contributed by atoms with E-state index in [4.69, 9.17) is 0 Å². The molecule has 0 aromatic rings. The van der Waals surface area contributed by atoms with Crippen molar-refractivity contribution in [2.45, 2.75) is 98.0 Å². The average molecular weight is 470 g/mol. The normalized spacial score (nSPS) is 59.8. The van der Waals surface area contributed by atoms with Crippen LogP contribution in [0.3, 0.4) is 0 Å². The first-order valence-electron chi connectivity index (χ1n) is 11.4. The molecule has 8 atom stereocenters. The third-order valence-electron chi connectivity index (χ3n) is 11.7. The highest BCUT2D eigenvalue weighted by Crippen LogP contribution is 2.88. The van der Waals surface area contributed by atoms with Crippen molar-refractivity contribution < 1.29 is 5.11 Å². The first kappa shape index (κ1) is 18.7. The Kier molecular flexibility index (Phi) is 3.91. The molecule has 5 fully saturated rings. The summed E-state index contributed by atoms with van der Waals surface area (Å²) in [5.74, 6) is 2.71. The summed E-state index contributed by atoms with van der Waals surface area (Å²) in [5.41, 5.74) is 2.56. The van der Waals surface area contributed by atoms with E-state index in [-0.39, 0.29) is 11.5 Å². The Hall–Kier alpha value is 0.690. The fourth-order valence-corrected chi connectivity index (χ4v) is 10.8. The van der Waals surface area contributed by atoms with Crippen molar-refractivity contribution in [3.8, 4) is 0 Å². The summed E-state index contributed by atoms with van der Waals surface area (Å²) in [7, 11) is 0. The van der Waals surface area contributed by atoms with Gasteiger partial charge < -0.3 is 5.11 Å². The van der Waals surface area contributed by atoms with Gasteiger partial charge in [-0.15, -0.1) is 0 Å². The van der Waals surface area contributed by atoms with Crippen LogP contribution < -0.4 is 0 Å². The summed E-state index contributed by atoms with van der Waals surface area (Å²) in [4.78, 5) is 0. The Morgan fingerprint density at radius 3 is 2.23 bits per heavy atom. The van der Waals surface area contributed by atoms with Gasteiger partial charge in [-0.3, -0.25) is 0 Å². The van der Waals surface area contributed by atoms with Gasteiger partial charge in [-0.2, -0.15) is 0 Å². The van der Waals surface area contributed by atoms with Crippen LogP contribution >= 0.6 is 22.6 Å². The van der Waals surface area contributed by atoms with E-state index >= 15 is 0 Å². The van der Waals surface area contributed by atoms with Crippen LogP contribution in [-0.4, -0.2) is 15.6 Å². The highest BCUT2D eigenvalue weighted by molar-refractivity contribution is 14.1. The molecule has 0 bridgehead atoms. The summed E-state index contributed by atoms with van der Waals surface area (Å²) >= 11 is 2.61. The van der Waals surface area contributed by atoms with Gasteiger partial charge in [0.15, 0.2) is 0 Å². The molecule has 0 amide bonds. The third-order valence-corrected chi connectivity index (χ3v) is 12.4. The van der Waals surface area contributed by atoms with E-state index in [0.29, 0.717) is 21.7 Å². The minimum atomic E-state index is -0.0729.